The van der Waals surface area contributed by atoms with E-state index >= 15 is 0 Å². The number of benzene rings is 1. The van der Waals surface area contributed by atoms with Crippen LogP contribution in [0.2, 0.25) is 5.02 Å². The zero-order chi connectivity index (χ0) is 15.6. The summed E-state index contributed by atoms with van der Waals surface area (Å²) in [6.07, 6.45) is 0. The van der Waals surface area contributed by atoms with Crippen LogP contribution in [0.4, 0.5) is 5.69 Å². The lowest BCUT2D eigenvalue weighted by Gasteiger charge is -2.08. The van der Waals surface area contributed by atoms with E-state index in [2.05, 4.69) is 9.82 Å². The van der Waals surface area contributed by atoms with E-state index in [0.29, 0.717) is 22.9 Å². The van der Waals surface area contributed by atoms with Gasteiger partial charge in [-0.05, 0) is 38.5 Å². The van der Waals surface area contributed by atoms with Gasteiger partial charge in [-0.2, -0.15) is 5.10 Å². The van der Waals surface area contributed by atoms with Crippen molar-refractivity contribution in [1.29, 1.82) is 0 Å². The fraction of sp³-hybridized carbons (Fsp3) is 0.357. The molecule has 2 rings (SSSR count). The molecular weight excluding hydrogens is 310 g/mol. The van der Waals surface area contributed by atoms with Gasteiger partial charge in [0, 0.05) is 5.02 Å². The molecule has 0 unspecified atom stereocenters. The minimum absolute atomic E-state index is 0.0360. The second-order valence-corrected chi connectivity index (χ2v) is 7.28. The van der Waals surface area contributed by atoms with Gasteiger partial charge in [-0.15, -0.1) is 0 Å². The van der Waals surface area contributed by atoms with Crippen molar-refractivity contribution in [3.63, 3.8) is 0 Å². The van der Waals surface area contributed by atoms with Gasteiger partial charge in [0.15, 0.2) is 0 Å². The molecule has 1 N–H and O–H groups in total. The molecule has 2 aromatic rings. The van der Waals surface area contributed by atoms with E-state index in [1.807, 2.05) is 31.2 Å². The van der Waals surface area contributed by atoms with Crippen molar-refractivity contribution in [2.45, 2.75) is 27.3 Å². The Morgan fingerprint density at radius 3 is 2.43 bits per heavy atom. The first-order chi connectivity index (χ1) is 9.82. The highest BCUT2D eigenvalue weighted by Gasteiger charge is 2.16. The lowest BCUT2D eigenvalue weighted by Crippen LogP contribution is -2.15. The molecule has 1 aromatic heterocycles. The summed E-state index contributed by atoms with van der Waals surface area (Å²) in [7, 11) is -3.30. The van der Waals surface area contributed by atoms with Gasteiger partial charge in [0.25, 0.3) is 0 Å². The van der Waals surface area contributed by atoms with Crippen LogP contribution in [0.5, 0.6) is 0 Å². The Morgan fingerprint density at radius 1 is 1.24 bits per heavy atom. The Hall–Kier alpha value is -1.53. The molecule has 1 heterocycles. The molecule has 0 aliphatic rings. The maximum absolute atomic E-state index is 11.7. The molecule has 0 amide bonds. The van der Waals surface area contributed by atoms with E-state index in [4.69, 9.17) is 11.6 Å². The smallest absolute Gasteiger partial charge is 0.232 e. The van der Waals surface area contributed by atoms with Gasteiger partial charge in [0.2, 0.25) is 10.0 Å². The van der Waals surface area contributed by atoms with Crippen molar-refractivity contribution in [3.05, 3.63) is 46.2 Å². The van der Waals surface area contributed by atoms with E-state index in [-0.39, 0.29) is 5.75 Å². The number of aromatic nitrogens is 2. The summed E-state index contributed by atoms with van der Waals surface area (Å²) in [5.41, 5.74) is 3.07. The lowest BCUT2D eigenvalue weighted by atomic mass is 10.2. The van der Waals surface area contributed by atoms with Crippen LogP contribution in [0, 0.1) is 13.8 Å². The van der Waals surface area contributed by atoms with Gasteiger partial charge < -0.3 is 0 Å². The van der Waals surface area contributed by atoms with Crippen molar-refractivity contribution in [1.82, 2.24) is 9.78 Å². The minimum Gasteiger partial charge on any atom is -0.280 e. The number of hydrogen-bond donors (Lipinski definition) is 1. The number of anilines is 1. The third kappa shape index (κ3) is 3.77. The van der Waals surface area contributed by atoms with Crippen molar-refractivity contribution in [2.75, 3.05) is 10.5 Å². The number of rotatable bonds is 5. The van der Waals surface area contributed by atoms with Gasteiger partial charge in [-0.3, -0.25) is 9.40 Å². The Labute approximate surface area is 130 Å². The zero-order valence-electron chi connectivity index (χ0n) is 12.2. The highest BCUT2D eigenvalue weighted by molar-refractivity contribution is 7.92. The van der Waals surface area contributed by atoms with E-state index in [1.54, 1.807) is 18.5 Å². The van der Waals surface area contributed by atoms with Gasteiger partial charge in [-0.1, -0.05) is 23.7 Å². The van der Waals surface area contributed by atoms with Crippen LogP contribution >= 0.6 is 11.6 Å². The average Bonchev–Trinajstić information content (AvgIpc) is 2.69. The van der Waals surface area contributed by atoms with Gasteiger partial charge in [-0.25, -0.2) is 8.42 Å². The third-order valence-electron chi connectivity index (χ3n) is 3.26. The molecule has 5 nitrogen and oxygen atoms in total. The van der Waals surface area contributed by atoms with E-state index in [0.717, 1.165) is 11.3 Å². The number of aryl methyl sites for hydroxylation is 1. The Morgan fingerprint density at radius 2 is 1.86 bits per heavy atom. The Bertz CT molecular complexity index is 736. The topological polar surface area (TPSA) is 64.0 Å². The summed E-state index contributed by atoms with van der Waals surface area (Å²) in [6, 6.07) is 7.50. The summed E-state index contributed by atoms with van der Waals surface area (Å²) in [5.74, 6) is 0.0360. The molecule has 0 radical (unpaired) electrons. The van der Waals surface area contributed by atoms with Gasteiger partial charge in [0.05, 0.1) is 29.4 Å². The monoisotopic (exact) mass is 327 g/mol. The molecule has 0 aliphatic heterocycles. The highest BCUT2D eigenvalue weighted by atomic mass is 35.5. The fourth-order valence-electron chi connectivity index (χ4n) is 1.99. The lowest BCUT2D eigenvalue weighted by molar-refractivity contribution is 0.602. The summed E-state index contributed by atoms with van der Waals surface area (Å²) < 4.78 is 27.8. The van der Waals surface area contributed by atoms with Crippen LogP contribution < -0.4 is 4.72 Å². The predicted octanol–water partition coefficient (Wildman–Crippen LogP) is 2.96. The largest absolute Gasteiger partial charge is 0.280 e. The number of hydrogen-bond acceptors (Lipinski definition) is 3. The molecule has 114 valence electrons. The van der Waals surface area contributed by atoms with Crippen molar-refractivity contribution in [2.24, 2.45) is 0 Å². The number of nitrogens with zero attached hydrogens (tertiary/aromatic N) is 2. The van der Waals surface area contributed by atoms with E-state index in [9.17, 15) is 8.42 Å². The first-order valence-electron chi connectivity index (χ1n) is 6.61. The van der Waals surface area contributed by atoms with E-state index < -0.39 is 10.0 Å². The molecule has 0 atom stereocenters. The summed E-state index contributed by atoms with van der Waals surface area (Å²) in [5, 5.41) is 5.09. The van der Waals surface area contributed by atoms with Crippen molar-refractivity contribution < 1.29 is 8.42 Å². The third-order valence-corrected chi connectivity index (χ3v) is 4.79. The standard InChI is InChI=1S/C14H18ClN3O2S/c1-4-21(19,20)17-14-10(2)16-18(11(14)3)9-12-5-7-13(15)8-6-12/h5-8,17H,4,9H2,1-3H3. The molecule has 0 saturated carbocycles. The summed E-state index contributed by atoms with van der Waals surface area (Å²) in [4.78, 5) is 0. The summed E-state index contributed by atoms with van der Waals surface area (Å²) >= 11 is 5.86. The normalized spacial score (nSPS) is 11.6. The first kappa shape index (κ1) is 15.9. The second-order valence-electron chi connectivity index (χ2n) is 4.84. The van der Waals surface area contributed by atoms with Crippen molar-refractivity contribution in [3.8, 4) is 0 Å². The summed E-state index contributed by atoms with van der Waals surface area (Å²) in [6.45, 7) is 5.81. The molecule has 21 heavy (non-hydrogen) atoms. The van der Waals surface area contributed by atoms with Crippen LogP contribution in [-0.2, 0) is 16.6 Å². The van der Waals surface area contributed by atoms with Crippen LogP contribution in [0.25, 0.3) is 0 Å². The molecular formula is C14H18ClN3O2S. The van der Waals surface area contributed by atoms with Crippen LogP contribution in [0.1, 0.15) is 23.9 Å². The second kappa shape index (κ2) is 6.07. The zero-order valence-corrected chi connectivity index (χ0v) is 13.8. The Kier molecular flexibility index (Phi) is 4.58. The van der Waals surface area contributed by atoms with Crippen LogP contribution in [-0.4, -0.2) is 24.0 Å². The minimum atomic E-state index is -3.30. The molecule has 0 spiro atoms. The quantitative estimate of drug-likeness (QED) is 0.918. The van der Waals surface area contributed by atoms with Crippen LogP contribution in [0.15, 0.2) is 24.3 Å². The molecule has 0 fully saturated rings. The number of nitrogens with one attached hydrogen (secondary N) is 1. The molecule has 0 saturated heterocycles. The SMILES string of the molecule is CCS(=O)(=O)Nc1c(C)nn(Cc2ccc(Cl)cc2)c1C. The molecule has 0 bridgehead atoms. The predicted molar refractivity (Wildman–Crippen MR) is 85.3 cm³/mol. The highest BCUT2D eigenvalue weighted by Crippen LogP contribution is 2.22. The van der Waals surface area contributed by atoms with Gasteiger partial charge >= 0.3 is 0 Å². The number of sulfonamides is 1. The average molecular weight is 328 g/mol. The first-order valence-corrected chi connectivity index (χ1v) is 8.64. The van der Waals surface area contributed by atoms with Gasteiger partial charge in [0.1, 0.15) is 0 Å². The fourth-order valence-corrected chi connectivity index (χ4v) is 2.87. The Balaban J connectivity index is 2.28. The number of halogens is 1. The maximum atomic E-state index is 11.7. The molecule has 1 aromatic carbocycles. The van der Waals surface area contributed by atoms with E-state index in [1.165, 1.54) is 0 Å². The van der Waals surface area contributed by atoms with Crippen molar-refractivity contribution >= 4 is 27.3 Å². The molecule has 0 aliphatic carbocycles. The van der Waals surface area contributed by atoms with Crippen LogP contribution in [0.3, 0.4) is 0 Å². The maximum Gasteiger partial charge on any atom is 0.232 e. The molecule has 7 heteroatoms.